The van der Waals surface area contributed by atoms with E-state index in [1.807, 2.05) is 0 Å². The lowest BCUT2D eigenvalue weighted by molar-refractivity contribution is 0.629. The molecule has 0 unspecified atom stereocenters. The number of fused-ring (bicyclic) bond motifs is 1. The maximum absolute atomic E-state index is 13.7. The van der Waals surface area contributed by atoms with Gasteiger partial charge in [0.2, 0.25) is 0 Å². The maximum atomic E-state index is 13.7. The number of aromatic amines is 1. The van der Waals surface area contributed by atoms with E-state index < -0.39 is 5.82 Å². The molecule has 0 aliphatic carbocycles. The van der Waals surface area contributed by atoms with Crippen LogP contribution in [0.2, 0.25) is 20.1 Å². The second-order valence-electron chi connectivity index (χ2n) is 4.27. The molecule has 0 amide bonds. The quantitative estimate of drug-likeness (QED) is 0.380. The highest BCUT2D eigenvalue weighted by molar-refractivity contribution is 7.71. The Bertz CT molecular complexity index is 932. The number of hydrogen-bond acceptors (Lipinski definition) is 1. The predicted molar refractivity (Wildman–Crippen MR) is 88.5 cm³/mol. The van der Waals surface area contributed by atoms with Gasteiger partial charge in [-0.3, -0.25) is 4.57 Å². The lowest BCUT2D eigenvalue weighted by atomic mass is 10.2. The van der Waals surface area contributed by atoms with Crippen LogP contribution in [0.1, 0.15) is 0 Å². The summed E-state index contributed by atoms with van der Waals surface area (Å²) in [6.45, 7) is 0. The zero-order chi connectivity index (χ0) is 15.3. The van der Waals surface area contributed by atoms with Gasteiger partial charge in [0.05, 0.1) is 36.8 Å². The molecule has 0 atom stereocenters. The highest BCUT2D eigenvalue weighted by Gasteiger charge is 2.14. The number of hydrogen-bond donors (Lipinski definition) is 1. The van der Waals surface area contributed by atoms with E-state index in [2.05, 4.69) is 4.98 Å². The number of rotatable bonds is 1. The molecule has 3 rings (SSSR count). The van der Waals surface area contributed by atoms with Crippen molar-refractivity contribution in [2.24, 2.45) is 0 Å². The minimum absolute atomic E-state index is 0.00568. The number of halogens is 5. The van der Waals surface area contributed by atoms with Crippen LogP contribution in [0.3, 0.4) is 0 Å². The molecule has 8 heteroatoms. The molecule has 0 saturated carbocycles. The van der Waals surface area contributed by atoms with Gasteiger partial charge in [0.15, 0.2) is 4.77 Å². The third kappa shape index (κ3) is 2.56. The summed E-state index contributed by atoms with van der Waals surface area (Å²) >= 11 is 29.2. The molecule has 0 aliphatic rings. The minimum Gasteiger partial charge on any atom is -0.330 e. The topological polar surface area (TPSA) is 20.7 Å². The van der Waals surface area contributed by atoms with Crippen LogP contribution in [-0.2, 0) is 0 Å². The van der Waals surface area contributed by atoms with Crippen molar-refractivity contribution >= 4 is 69.7 Å². The van der Waals surface area contributed by atoms with E-state index in [1.54, 1.807) is 10.6 Å². The molecule has 1 N–H and O–H groups in total. The number of imidazole rings is 1. The first-order valence-corrected chi connectivity index (χ1v) is 7.55. The van der Waals surface area contributed by atoms with Gasteiger partial charge in [-0.15, -0.1) is 0 Å². The Kier molecular flexibility index (Phi) is 3.93. The van der Waals surface area contributed by atoms with Crippen LogP contribution in [0.15, 0.2) is 24.3 Å². The SMILES string of the molecule is Fc1cc2c(cc1Cl)[nH]c(=S)n2-c1cc(Cl)c(Cl)cc1Cl. The first-order chi connectivity index (χ1) is 9.88. The summed E-state index contributed by atoms with van der Waals surface area (Å²) in [5.41, 5.74) is 1.60. The zero-order valence-corrected chi connectivity index (χ0v) is 13.9. The van der Waals surface area contributed by atoms with Crippen LogP contribution in [0.4, 0.5) is 4.39 Å². The lowest BCUT2D eigenvalue weighted by Crippen LogP contribution is -1.96. The summed E-state index contributed by atoms with van der Waals surface area (Å²) in [5.74, 6) is -0.553. The molecule has 21 heavy (non-hydrogen) atoms. The van der Waals surface area contributed by atoms with Crippen LogP contribution >= 0.6 is 58.6 Å². The molecule has 108 valence electrons. The average molecular weight is 382 g/mol. The van der Waals surface area contributed by atoms with Crippen LogP contribution in [0.5, 0.6) is 0 Å². The van der Waals surface area contributed by atoms with Crippen LogP contribution in [0, 0.1) is 10.6 Å². The lowest BCUT2D eigenvalue weighted by Gasteiger charge is -2.09. The monoisotopic (exact) mass is 380 g/mol. The van der Waals surface area contributed by atoms with Gasteiger partial charge in [-0.25, -0.2) is 4.39 Å². The van der Waals surface area contributed by atoms with Crippen molar-refractivity contribution in [3.05, 3.63) is 54.9 Å². The van der Waals surface area contributed by atoms with Gasteiger partial charge in [0.25, 0.3) is 0 Å². The van der Waals surface area contributed by atoms with E-state index in [9.17, 15) is 4.39 Å². The van der Waals surface area contributed by atoms with E-state index in [4.69, 9.17) is 58.6 Å². The Morgan fingerprint density at radius 3 is 2.29 bits per heavy atom. The van der Waals surface area contributed by atoms with Gasteiger partial charge >= 0.3 is 0 Å². The third-order valence-corrected chi connectivity index (χ3v) is 4.55. The van der Waals surface area contributed by atoms with E-state index in [0.717, 1.165) is 0 Å². The highest BCUT2D eigenvalue weighted by atomic mass is 35.5. The van der Waals surface area contributed by atoms with Crippen LogP contribution in [0.25, 0.3) is 16.7 Å². The smallest absolute Gasteiger partial charge is 0.182 e. The summed E-state index contributed by atoms with van der Waals surface area (Å²) in [5, 5.41) is 0.996. The van der Waals surface area contributed by atoms with Gasteiger partial charge in [-0.05, 0) is 30.4 Å². The summed E-state index contributed by atoms with van der Waals surface area (Å²) in [6, 6.07) is 5.82. The summed E-state index contributed by atoms with van der Waals surface area (Å²) in [6.07, 6.45) is 0. The normalized spacial score (nSPS) is 11.3. The molecule has 2 aromatic carbocycles. The van der Waals surface area contributed by atoms with E-state index in [-0.39, 0.29) is 5.02 Å². The molecule has 0 fully saturated rings. The summed E-state index contributed by atoms with van der Waals surface area (Å²) < 4.78 is 15.6. The second-order valence-corrected chi connectivity index (χ2v) is 6.28. The van der Waals surface area contributed by atoms with Crippen LogP contribution in [-0.4, -0.2) is 9.55 Å². The predicted octanol–water partition coefficient (Wildman–Crippen LogP) is 6.44. The molecule has 0 spiro atoms. The molecule has 2 nitrogen and oxygen atoms in total. The Balaban J connectivity index is 2.40. The van der Waals surface area contributed by atoms with E-state index in [1.165, 1.54) is 18.2 Å². The van der Waals surface area contributed by atoms with E-state index in [0.29, 0.717) is 36.6 Å². The average Bonchev–Trinajstić information content (AvgIpc) is 2.70. The first-order valence-electron chi connectivity index (χ1n) is 5.63. The van der Waals surface area contributed by atoms with Crippen molar-refractivity contribution in [2.75, 3.05) is 0 Å². The number of nitrogens with zero attached hydrogens (tertiary/aromatic N) is 1. The Morgan fingerprint density at radius 2 is 1.57 bits per heavy atom. The number of benzene rings is 2. The van der Waals surface area contributed by atoms with Crippen molar-refractivity contribution in [3.63, 3.8) is 0 Å². The molecular weight excluding hydrogens is 377 g/mol. The molecule has 0 bridgehead atoms. The van der Waals surface area contributed by atoms with Crippen molar-refractivity contribution in [2.45, 2.75) is 0 Å². The summed E-state index contributed by atoms with van der Waals surface area (Å²) in [4.78, 5) is 2.95. The fraction of sp³-hybridized carbons (Fsp3) is 0. The van der Waals surface area contributed by atoms with Gasteiger partial charge in [0.1, 0.15) is 5.82 Å². The highest BCUT2D eigenvalue weighted by Crippen LogP contribution is 2.34. The molecule has 1 aromatic heterocycles. The first kappa shape index (κ1) is 15.1. The number of nitrogens with one attached hydrogen (secondary N) is 1. The van der Waals surface area contributed by atoms with Crippen molar-refractivity contribution in [3.8, 4) is 5.69 Å². The molecule has 1 heterocycles. The van der Waals surface area contributed by atoms with E-state index >= 15 is 0 Å². The molecule has 0 aliphatic heterocycles. The fourth-order valence-corrected chi connectivity index (χ4v) is 3.12. The Hall–Kier alpha value is -0.780. The number of H-pyrrole nitrogens is 1. The Labute approximate surface area is 144 Å². The standard InChI is InChI=1S/C13H5Cl4FN2S/c14-5-1-8(17)11(3-6(5)15)20-12-4-9(18)7(16)2-10(12)19-13(20)21/h1-4H,(H,19,21). The van der Waals surface area contributed by atoms with Gasteiger partial charge in [0, 0.05) is 6.07 Å². The van der Waals surface area contributed by atoms with Crippen molar-refractivity contribution < 1.29 is 4.39 Å². The molecule has 3 aromatic rings. The Morgan fingerprint density at radius 1 is 0.905 bits per heavy atom. The van der Waals surface area contributed by atoms with Crippen molar-refractivity contribution in [1.82, 2.24) is 9.55 Å². The van der Waals surface area contributed by atoms with Gasteiger partial charge < -0.3 is 4.98 Å². The minimum atomic E-state index is -0.553. The van der Waals surface area contributed by atoms with Gasteiger partial charge in [-0.2, -0.15) is 0 Å². The third-order valence-electron chi connectivity index (χ3n) is 2.95. The zero-order valence-electron chi connectivity index (χ0n) is 10.1. The fourth-order valence-electron chi connectivity index (χ4n) is 2.02. The largest absolute Gasteiger partial charge is 0.330 e. The number of aromatic nitrogens is 2. The molecular formula is C13H5Cl4FN2S. The van der Waals surface area contributed by atoms with Gasteiger partial charge in [-0.1, -0.05) is 46.4 Å². The summed E-state index contributed by atoms with van der Waals surface area (Å²) in [7, 11) is 0. The maximum Gasteiger partial charge on any atom is 0.182 e. The molecule has 0 saturated heterocycles. The molecule has 0 radical (unpaired) electrons. The second kappa shape index (κ2) is 5.45. The van der Waals surface area contributed by atoms with Crippen LogP contribution < -0.4 is 0 Å². The van der Waals surface area contributed by atoms with Crippen molar-refractivity contribution in [1.29, 1.82) is 0 Å².